The van der Waals surface area contributed by atoms with Gasteiger partial charge in [0.05, 0.1) is 11.3 Å². The highest BCUT2D eigenvalue weighted by atomic mass is 16.2. The van der Waals surface area contributed by atoms with E-state index in [0.29, 0.717) is 17.0 Å². The van der Waals surface area contributed by atoms with Gasteiger partial charge in [0, 0.05) is 31.9 Å². The van der Waals surface area contributed by atoms with Crippen molar-refractivity contribution in [3.8, 4) is 0 Å². The lowest BCUT2D eigenvalue weighted by Crippen LogP contribution is -2.34. The Morgan fingerprint density at radius 2 is 1.14 bits per heavy atom. The summed E-state index contributed by atoms with van der Waals surface area (Å²) in [5.41, 5.74) is 3.69. The van der Waals surface area contributed by atoms with Crippen LogP contribution in [0.4, 0.5) is 11.4 Å². The summed E-state index contributed by atoms with van der Waals surface area (Å²) in [5, 5.41) is 0. The van der Waals surface area contributed by atoms with E-state index in [1.54, 1.807) is 0 Å². The number of amides is 2. The highest BCUT2D eigenvalue weighted by molar-refractivity contribution is 6.45. The van der Waals surface area contributed by atoms with Crippen LogP contribution in [0.2, 0.25) is 0 Å². The Bertz CT molecular complexity index is 953. The molecule has 3 aliphatic heterocycles. The fraction of sp³-hybridized carbons (Fsp3) is 0.333. The molecule has 5 heteroatoms. The minimum Gasteiger partial charge on any atom is -0.372 e. The van der Waals surface area contributed by atoms with Gasteiger partial charge in [-0.3, -0.25) is 9.59 Å². The van der Waals surface area contributed by atoms with Crippen LogP contribution in [-0.4, -0.2) is 42.9 Å². The predicted molar refractivity (Wildman–Crippen MR) is 115 cm³/mol. The Morgan fingerprint density at radius 3 is 1.76 bits per heavy atom. The van der Waals surface area contributed by atoms with Gasteiger partial charge in [-0.05, 0) is 55.5 Å². The van der Waals surface area contributed by atoms with Crippen molar-refractivity contribution >= 4 is 28.8 Å². The van der Waals surface area contributed by atoms with Gasteiger partial charge in [0.2, 0.25) is 0 Å². The predicted octanol–water partition coefficient (Wildman–Crippen LogP) is 3.67. The summed E-state index contributed by atoms with van der Waals surface area (Å²) in [6.45, 7) is 3.79. The number of carbonyl (C=O) groups is 2. The molecule has 0 atom stereocenters. The van der Waals surface area contributed by atoms with Crippen molar-refractivity contribution in [3.63, 3.8) is 0 Å². The lowest BCUT2D eigenvalue weighted by Gasteiger charge is -2.21. The summed E-state index contributed by atoms with van der Waals surface area (Å²) in [6, 6.07) is 17.4. The van der Waals surface area contributed by atoms with E-state index in [1.165, 1.54) is 17.7 Å². The van der Waals surface area contributed by atoms with E-state index in [9.17, 15) is 9.59 Å². The van der Waals surface area contributed by atoms with E-state index < -0.39 is 0 Å². The Morgan fingerprint density at radius 1 is 0.586 bits per heavy atom. The number of imide groups is 1. The molecule has 148 valence electrons. The van der Waals surface area contributed by atoms with Crippen molar-refractivity contribution in [2.75, 3.05) is 36.0 Å². The molecule has 2 saturated heterocycles. The third-order valence-electron chi connectivity index (χ3n) is 6.12. The zero-order valence-corrected chi connectivity index (χ0v) is 16.5. The first-order valence-corrected chi connectivity index (χ1v) is 10.5. The van der Waals surface area contributed by atoms with E-state index in [-0.39, 0.29) is 11.8 Å². The lowest BCUT2D eigenvalue weighted by molar-refractivity contribution is -0.120. The molecule has 0 aromatic heterocycles. The molecule has 0 unspecified atom stereocenters. The molecule has 0 N–H and O–H groups in total. The highest BCUT2D eigenvalue weighted by Gasteiger charge is 2.42. The summed E-state index contributed by atoms with van der Waals surface area (Å²) in [6.07, 6.45) is 4.54. The van der Waals surface area contributed by atoms with Crippen molar-refractivity contribution in [3.05, 3.63) is 65.9 Å². The summed E-state index contributed by atoms with van der Waals surface area (Å²) < 4.78 is 0. The molecule has 29 heavy (non-hydrogen) atoms. The molecule has 2 fully saturated rings. The number of nitrogens with zero attached hydrogens (tertiary/aromatic N) is 3. The Labute approximate surface area is 171 Å². The van der Waals surface area contributed by atoms with E-state index >= 15 is 0 Å². The second kappa shape index (κ2) is 7.39. The van der Waals surface area contributed by atoms with Crippen LogP contribution in [0.5, 0.6) is 0 Å². The molecule has 2 aromatic carbocycles. The average Bonchev–Trinajstić information content (AvgIpc) is 3.50. The molecule has 2 amide bonds. The lowest BCUT2D eigenvalue weighted by atomic mass is 10.0. The van der Waals surface area contributed by atoms with Gasteiger partial charge in [0.1, 0.15) is 5.70 Å². The van der Waals surface area contributed by atoms with Gasteiger partial charge in [-0.25, -0.2) is 4.90 Å². The van der Waals surface area contributed by atoms with E-state index in [4.69, 9.17) is 0 Å². The number of anilines is 2. The number of rotatable bonds is 4. The highest BCUT2D eigenvalue weighted by Crippen LogP contribution is 2.36. The van der Waals surface area contributed by atoms with Crippen molar-refractivity contribution < 1.29 is 9.59 Å². The smallest absolute Gasteiger partial charge is 0.282 e. The molecule has 0 saturated carbocycles. The molecule has 5 nitrogen and oxygen atoms in total. The van der Waals surface area contributed by atoms with Crippen LogP contribution in [0.15, 0.2) is 60.3 Å². The maximum atomic E-state index is 13.4. The van der Waals surface area contributed by atoms with Crippen molar-refractivity contribution in [2.24, 2.45) is 0 Å². The first-order valence-electron chi connectivity index (χ1n) is 10.5. The Hall–Kier alpha value is -3.08. The summed E-state index contributed by atoms with van der Waals surface area (Å²) >= 11 is 0. The zero-order chi connectivity index (χ0) is 19.8. The summed E-state index contributed by atoms with van der Waals surface area (Å²) in [7, 11) is 0. The SMILES string of the molecule is O=C1C(c2ccccc2)=C(N2CCCC2)C(=O)N1c1ccc(N2CCCC2)cc1. The van der Waals surface area contributed by atoms with Crippen LogP contribution in [0.1, 0.15) is 31.2 Å². The minimum atomic E-state index is -0.225. The number of benzene rings is 2. The number of hydrogen-bond donors (Lipinski definition) is 0. The largest absolute Gasteiger partial charge is 0.372 e. The third-order valence-corrected chi connectivity index (χ3v) is 6.12. The van der Waals surface area contributed by atoms with Crippen molar-refractivity contribution in [1.29, 1.82) is 0 Å². The molecule has 0 spiro atoms. The maximum Gasteiger partial charge on any atom is 0.282 e. The van der Waals surface area contributed by atoms with Gasteiger partial charge >= 0.3 is 0 Å². The van der Waals surface area contributed by atoms with Crippen molar-refractivity contribution in [1.82, 2.24) is 4.90 Å². The molecule has 3 aliphatic rings. The molecule has 3 heterocycles. The second-order valence-electron chi connectivity index (χ2n) is 7.94. The molecule has 5 rings (SSSR count). The monoisotopic (exact) mass is 387 g/mol. The zero-order valence-electron chi connectivity index (χ0n) is 16.5. The number of likely N-dealkylation sites (tertiary alicyclic amines) is 1. The van der Waals surface area contributed by atoms with E-state index in [0.717, 1.165) is 50.3 Å². The van der Waals surface area contributed by atoms with Gasteiger partial charge in [0.25, 0.3) is 11.8 Å². The first-order chi connectivity index (χ1) is 14.2. The third kappa shape index (κ3) is 3.11. The summed E-state index contributed by atoms with van der Waals surface area (Å²) in [4.78, 5) is 32.6. The molecule has 0 aliphatic carbocycles. The number of hydrogen-bond acceptors (Lipinski definition) is 4. The van der Waals surface area contributed by atoms with Gasteiger partial charge < -0.3 is 9.80 Å². The van der Waals surface area contributed by atoms with Gasteiger partial charge in [-0.1, -0.05) is 30.3 Å². The van der Waals surface area contributed by atoms with Crippen LogP contribution < -0.4 is 9.80 Å². The van der Waals surface area contributed by atoms with Crippen LogP contribution in [0.3, 0.4) is 0 Å². The minimum absolute atomic E-state index is 0.204. The first kappa shape index (κ1) is 18.0. The van der Waals surface area contributed by atoms with Crippen LogP contribution in [0.25, 0.3) is 5.57 Å². The van der Waals surface area contributed by atoms with Crippen molar-refractivity contribution in [2.45, 2.75) is 25.7 Å². The molecule has 0 radical (unpaired) electrons. The average molecular weight is 387 g/mol. The number of carbonyl (C=O) groups excluding carboxylic acids is 2. The Balaban J connectivity index is 1.51. The normalized spacial score (nSPS) is 19.8. The van der Waals surface area contributed by atoms with Gasteiger partial charge in [-0.15, -0.1) is 0 Å². The van der Waals surface area contributed by atoms with E-state index in [1.807, 2.05) is 54.6 Å². The van der Waals surface area contributed by atoms with Crippen LogP contribution in [-0.2, 0) is 9.59 Å². The topological polar surface area (TPSA) is 43.9 Å². The fourth-order valence-corrected chi connectivity index (χ4v) is 4.64. The summed E-state index contributed by atoms with van der Waals surface area (Å²) in [5.74, 6) is -0.429. The molecular weight excluding hydrogens is 362 g/mol. The Kier molecular flexibility index (Phi) is 4.58. The fourth-order valence-electron chi connectivity index (χ4n) is 4.64. The molecular formula is C24H25N3O2. The maximum absolute atomic E-state index is 13.4. The second-order valence-corrected chi connectivity index (χ2v) is 7.94. The van der Waals surface area contributed by atoms with Gasteiger partial charge in [0.15, 0.2) is 0 Å². The van der Waals surface area contributed by atoms with E-state index in [2.05, 4.69) is 9.80 Å². The molecule has 2 aromatic rings. The van der Waals surface area contributed by atoms with Crippen LogP contribution >= 0.6 is 0 Å². The quantitative estimate of drug-likeness (QED) is 0.751. The van der Waals surface area contributed by atoms with Crippen LogP contribution in [0, 0.1) is 0 Å². The molecule has 0 bridgehead atoms. The van der Waals surface area contributed by atoms with Gasteiger partial charge in [-0.2, -0.15) is 0 Å². The standard InChI is InChI=1S/C24H25N3O2/c28-23-21(18-8-2-1-3-9-18)22(26-16-6-7-17-26)24(29)27(23)20-12-10-19(11-13-20)25-14-4-5-15-25/h1-3,8-13H,4-7,14-17H2.